The number of hydrogen-bond donors (Lipinski definition) is 1. The smallest absolute Gasteiger partial charge is 0.0218 e. The second kappa shape index (κ2) is 4.19. The highest BCUT2D eigenvalue weighted by Gasteiger charge is 2.32. The maximum absolute atomic E-state index is 3.71. The van der Waals surface area contributed by atoms with Gasteiger partial charge in [-0.25, -0.2) is 5.01 Å². The first-order valence-electron chi connectivity index (χ1n) is 6.23. The highest BCUT2D eigenvalue weighted by molar-refractivity contribution is 4.85. The van der Waals surface area contributed by atoms with Gasteiger partial charge in [0.2, 0.25) is 0 Å². The lowest BCUT2D eigenvalue weighted by Crippen LogP contribution is -2.55. The second-order valence-electron chi connectivity index (χ2n) is 5.29. The summed E-state index contributed by atoms with van der Waals surface area (Å²) in [5.41, 5.74) is 3.71. The molecule has 1 saturated carbocycles. The summed E-state index contributed by atoms with van der Waals surface area (Å²) in [5.74, 6) is 0.955. The molecule has 0 aromatic carbocycles. The minimum atomic E-state index is 0.693. The molecule has 1 heterocycles. The van der Waals surface area contributed by atoms with Gasteiger partial charge in [-0.05, 0) is 52.4 Å². The van der Waals surface area contributed by atoms with E-state index in [0.717, 1.165) is 18.0 Å². The monoisotopic (exact) mass is 196 g/mol. The minimum absolute atomic E-state index is 0.693. The van der Waals surface area contributed by atoms with Crippen LogP contribution in [-0.2, 0) is 0 Å². The van der Waals surface area contributed by atoms with Crippen molar-refractivity contribution in [2.45, 2.75) is 71.0 Å². The first-order chi connectivity index (χ1) is 6.68. The molecule has 0 amide bonds. The van der Waals surface area contributed by atoms with Gasteiger partial charge in [0.05, 0.1) is 0 Å². The Morgan fingerprint density at radius 1 is 1.07 bits per heavy atom. The molecule has 3 atom stereocenters. The quantitative estimate of drug-likeness (QED) is 0.746. The molecule has 2 rings (SSSR count). The van der Waals surface area contributed by atoms with Crippen molar-refractivity contribution in [2.24, 2.45) is 5.92 Å². The Morgan fingerprint density at radius 2 is 1.64 bits per heavy atom. The van der Waals surface area contributed by atoms with Crippen molar-refractivity contribution in [3.63, 3.8) is 0 Å². The fourth-order valence-electron chi connectivity index (χ4n) is 2.61. The van der Waals surface area contributed by atoms with Crippen molar-refractivity contribution >= 4 is 0 Å². The predicted octanol–water partition coefficient (Wildman–Crippen LogP) is 2.55. The van der Waals surface area contributed by atoms with E-state index in [1.54, 1.807) is 0 Å². The molecular formula is C12H24N2. The first kappa shape index (κ1) is 10.4. The molecule has 1 aliphatic carbocycles. The molecule has 2 fully saturated rings. The molecule has 0 spiro atoms. The van der Waals surface area contributed by atoms with Gasteiger partial charge in [-0.15, -0.1) is 0 Å². The average molecular weight is 196 g/mol. The largest absolute Gasteiger partial charge is 0.252 e. The van der Waals surface area contributed by atoms with Crippen LogP contribution in [0, 0.1) is 5.92 Å². The predicted molar refractivity (Wildman–Crippen MR) is 59.9 cm³/mol. The van der Waals surface area contributed by atoms with E-state index in [2.05, 4.69) is 31.2 Å². The van der Waals surface area contributed by atoms with Crippen LogP contribution in [0.1, 0.15) is 52.9 Å². The Bertz CT molecular complexity index is 179. The van der Waals surface area contributed by atoms with Crippen LogP contribution in [0.3, 0.4) is 0 Å². The highest BCUT2D eigenvalue weighted by atomic mass is 15.5. The van der Waals surface area contributed by atoms with E-state index in [0.29, 0.717) is 6.04 Å². The van der Waals surface area contributed by atoms with Gasteiger partial charge in [-0.2, -0.15) is 0 Å². The summed E-state index contributed by atoms with van der Waals surface area (Å²) < 4.78 is 0. The van der Waals surface area contributed by atoms with Crippen LogP contribution in [0.25, 0.3) is 0 Å². The van der Waals surface area contributed by atoms with Gasteiger partial charge < -0.3 is 0 Å². The highest BCUT2D eigenvalue weighted by Crippen LogP contribution is 2.33. The summed E-state index contributed by atoms with van der Waals surface area (Å²) in [7, 11) is 0. The van der Waals surface area contributed by atoms with Crippen molar-refractivity contribution in [3.05, 3.63) is 0 Å². The van der Waals surface area contributed by atoms with E-state index in [4.69, 9.17) is 0 Å². The zero-order chi connectivity index (χ0) is 10.1. The Hall–Kier alpha value is -0.0800. The number of hydrazine groups is 1. The number of piperidine rings is 1. The van der Waals surface area contributed by atoms with Crippen molar-refractivity contribution < 1.29 is 0 Å². The molecule has 1 aliphatic heterocycles. The van der Waals surface area contributed by atoms with Gasteiger partial charge in [0.1, 0.15) is 0 Å². The van der Waals surface area contributed by atoms with Gasteiger partial charge in [-0.1, -0.05) is 6.42 Å². The number of nitrogens with one attached hydrogen (secondary N) is 1. The topological polar surface area (TPSA) is 15.3 Å². The van der Waals surface area contributed by atoms with Gasteiger partial charge >= 0.3 is 0 Å². The summed E-state index contributed by atoms with van der Waals surface area (Å²) in [6.45, 7) is 7.04. The van der Waals surface area contributed by atoms with E-state index < -0.39 is 0 Å². The van der Waals surface area contributed by atoms with Crippen molar-refractivity contribution in [3.8, 4) is 0 Å². The summed E-state index contributed by atoms with van der Waals surface area (Å²) >= 11 is 0. The molecule has 0 bridgehead atoms. The van der Waals surface area contributed by atoms with E-state index >= 15 is 0 Å². The molecule has 3 unspecified atom stereocenters. The maximum Gasteiger partial charge on any atom is 0.0218 e. The molecule has 2 heteroatoms. The van der Waals surface area contributed by atoms with Crippen LogP contribution in [-0.4, -0.2) is 23.1 Å². The third kappa shape index (κ3) is 2.29. The van der Waals surface area contributed by atoms with Crippen molar-refractivity contribution in [1.82, 2.24) is 10.4 Å². The molecule has 0 radical (unpaired) electrons. The number of nitrogens with zero attached hydrogens (tertiary/aromatic N) is 1. The molecule has 82 valence electrons. The van der Waals surface area contributed by atoms with E-state index in [-0.39, 0.29) is 0 Å². The molecule has 2 nitrogen and oxygen atoms in total. The average Bonchev–Trinajstić information content (AvgIpc) is 2.94. The molecule has 2 aliphatic rings. The van der Waals surface area contributed by atoms with Crippen molar-refractivity contribution in [1.29, 1.82) is 0 Å². The molecule has 0 aromatic heterocycles. The van der Waals surface area contributed by atoms with Crippen molar-refractivity contribution in [2.75, 3.05) is 0 Å². The minimum Gasteiger partial charge on any atom is -0.252 e. The molecule has 1 N–H and O–H groups in total. The summed E-state index contributed by atoms with van der Waals surface area (Å²) in [5, 5.41) is 2.51. The number of hydrogen-bond acceptors (Lipinski definition) is 2. The van der Waals surface area contributed by atoms with Crippen LogP contribution < -0.4 is 5.43 Å². The van der Waals surface area contributed by atoms with Crippen LogP contribution in [0.15, 0.2) is 0 Å². The number of rotatable bonds is 3. The first-order valence-corrected chi connectivity index (χ1v) is 6.23. The Morgan fingerprint density at radius 3 is 2.14 bits per heavy atom. The maximum atomic E-state index is 3.71. The van der Waals surface area contributed by atoms with Gasteiger partial charge in [0.25, 0.3) is 0 Å². The van der Waals surface area contributed by atoms with Crippen LogP contribution in [0.5, 0.6) is 0 Å². The van der Waals surface area contributed by atoms with E-state index in [1.807, 2.05) is 0 Å². The van der Waals surface area contributed by atoms with Crippen LogP contribution >= 0.6 is 0 Å². The van der Waals surface area contributed by atoms with E-state index in [1.165, 1.54) is 32.1 Å². The molecule has 0 aromatic rings. The van der Waals surface area contributed by atoms with E-state index in [9.17, 15) is 0 Å². The normalized spacial score (nSPS) is 37.1. The molecule has 14 heavy (non-hydrogen) atoms. The summed E-state index contributed by atoms with van der Waals surface area (Å²) in [6.07, 6.45) is 6.98. The second-order valence-corrected chi connectivity index (χ2v) is 5.29. The SMILES string of the molecule is CC(NN1C(C)CCCC1C)C1CC1. The Kier molecular flexibility index (Phi) is 3.13. The molecular weight excluding hydrogens is 172 g/mol. The summed E-state index contributed by atoms with van der Waals surface area (Å²) in [6, 6.07) is 2.14. The fraction of sp³-hybridized carbons (Fsp3) is 1.00. The zero-order valence-corrected chi connectivity index (χ0v) is 9.79. The van der Waals surface area contributed by atoms with Gasteiger partial charge in [0.15, 0.2) is 0 Å². The lowest BCUT2D eigenvalue weighted by molar-refractivity contribution is 0.0288. The molecule has 1 saturated heterocycles. The van der Waals surface area contributed by atoms with Crippen LogP contribution in [0.2, 0.25) is 0 Å². The van der Waals surface area contributed by atoms with Crippen LogP contribution in [0.4, 0.5) is 0 Å². The fourth-order valence-corrected chi connectivity index (χ4v) is 2.61. The Balaban J connectivity index is 1.86. The Labute approximate surface area is 88.0 Å². The third-order valence-corrected chi connectivity index (χ3v) is 3.88. The summed E-state index contributed by atoms with van der Waals surface area (Å²) in [4.78, 5) is 0. The van der Waals surface area contributed by atoms with Gasteiger partial charge in [-0.3, -0.25) is 5.43 Å². The third-order valence-electron chi connectivity index (χ3n) is 3.88. The zero-order valence-electron chi connectivity index (χ0n) is 9.79. The van der Waals surface area contributed by atoms with Gasteiger partial charge in [0, 0.05) is 18.1 Å². The lowest BCUT2D eigenvalue weighted by Gasteiger charge is -2.41. The lowest BCUT2D eigenvalue weighted by atomic mass is 9.99. The standard InChI is InChI=1S/C12H24N2/c1-9-5-4-6-10(2)14(9)13-11(3)12-7-8-12/h9-13H,4-8H2,1-3H3.